The minimum atomic E-state index is -1.25. The molecule has 9 heteroatoms. The standard InChI is InChI=1S/C24H26N4O5/c1-22(2)23(3)12-13-24(22,21(30)25-16-6-5-7-18(14-16)33-4)20(29)19(23)27-26-15-8-10-17(11-9-15)28(31)32/h5-11,14,26H,12-13H2,1-4H3,(H,25,30)/b27-19+. The topological polar surface area (TPSA) is 123 Å². The van der Waals surface area contributed by atoms with Crippen LogP contribution >= 0.6 is 0 Å². The highest BCUT2D eigenvalue weighted by molar-refractivity contribution is 6.51. The first kappa shape index (κ1) is 22.4. The van der Waals surface area contributed by atoms with Crippen LogP contribution in [0.2, 0.25) is 0 Å². The van der Waals surface area contributed by atoms with Crippen LogP contribution in [-0.2, 0) is 9.59 Å². The molecule has 0 spiro atoms. The Morgan fingerprint density at radius 3 is 2.42 bits per heavy atom. The molecule has 2 aliphatic rings. The van der Waals surface area contributed by atoms with Gasteiger partial charge < -0.3 is 10.1 Å². The first-order chi connectivity index (χ1) is 15.6. The number of methoxy groups -OCH3 is 1. The summed E-state index contributed by atoms with van der Waals surface area (Å²) in [5.41, 5.74) is 1.67. The number of non-ortho nitro benzene ring substituents is 1. The van der Waals surface area contributed by atoms with E-state index in [9.17, 15) is 19.7 Å². The Kier molecular flexibility index (Phi) is 5.23. The number of hydrazone groups is 1. The van der Waals surface area contributed by atoms with Gasteiger partial charge in [-0.2, -0.15) is 5.10 Å². The molecule has 0 aliphatic heterocycles. The molecule has 0 aromatic heterocycles. The molecule has 0 heterocycles. The second-order valence-corrected chi connectivity index (χ2v) is 9.25. The van der Waals surface area contributed by atoms with E-state index in [1.165, 1.54) is 24.3 Å². The number of rotatable bonds is 6. The minimum absolute atomic E-state index is 0.0366. The fraction of sp³-hybridized carbons (Fsp3) is 0.375. The SMILES string of the molecule is COc1cccc(NC(=O)C23CCC(C)(/C(=N/Nc4ccc([N+](=O)[O-])cc4)C2=O)C3(C)C)c1. The maximum Gasteiger partial charge on any atom is 0.269 e. The van der Waals surface area contributed by atoms with Gasteiger partial charge in [-0.15, -0.1) is 0 Å². The number of ketones is 1. The van der Waals surface area contributed by atoms with Gasteiger partial charge in [-0.3, -0.25) is 25.1 Å². The number of nitro groups is 1. The fourth-order valence-electron chi connectivity index (χ4n) is 5.19. The summed E-state index contributed by atoms with van der Waals surface area (Å²) in [4.78, 5) is 37.6. The molecule has 172 valence electrons. The average molecular weight is 450 g/mol. The molecule has 2 unspecified atom stereocenters. The normalized spacial score (nSPS) is 26.3. The number of nitrogens with one attached hydrogen (secondary N) is 2. The van der Waals surface area contributed by atoms with Crippen molar-refractivity contribution >= 4 is 34.5 Å². The summed E-state index contributed by atoms with van der Waals surface area (Å²) in [5.74, 6) is -0.0424. The van der Waals surface area contributed by atoms with E-state index in [-0.39, 0.29) is 17.4 Å². The maximum atomic E-state index is 13.7. The van der Waals surface area contributed by atoms with E-state index in [1.54, 1.807) is 31.4 Å². The van der Waals surface area contributed by atoms with Gasteiger partial charge in [0.05, 0.1) is 17.7 Å². The van der Waals surface area contributed by atoms with Crippen molar-refractivity contribution in [2.45, 2.75) is 33.6 Å². The predicted octanol–water partition coefficient (Wildman–Crippen LogP) is 4.41. The summed E-state index contributed by atoms with van der Waals surface area (Å²) in [6, 6.07) is 12.8. The van der Waals surface area contributed by atoms with Crippen molar-refractivity contribution in [3.63, 3.8) is 0 Å². The van der Waals surface area contributed by atoms with Crippen LogP contribution in [0.3, 0.4) is 0 Å². The van der Waals surface area contributed by atoms with Crippen molar-refractivity contribution in [1.82, 2.24) is 0 Å². The Morgan fingerprint density at radius 2 is 1.79 bits per heavy atom. The Hall–Kier alpha value is -3.75. The third-order valence-corrected chi connectivity index (χ3v) is 7.66. The average Bonchev–Trinajstić information content (AvgIpc) is 3.07. The van der Waals surface area contributed by atoms with Gasteiger partial charge in [-0.05, 0) is 42.5 Å². The molecule has 2 aromatic rings. The number of Topliss-reactive ketones (excluding diaryl/α,β-unsaturated/α-hetero) is 1. The van der Waals surface area contributed by atoms with Crippen molar-refractivity contribution in [3.8, 4) is 5.75 Å². The van der Waals surface area contributed by atoms with Crippen LogP contribution in [-0.4, -0.2) is 29.4 Å². The van der Waals surface area contributed by atoms with Crippen LogP contribution in [0.1, 0.15) is 33.6 Å². The molecule has 2 aromatic carbocycles. The molecule has 2 saturated carbocycles. The van der Waals surface area contributed by atoms with E-state index in [2.05, 4.69) is 15.8 Å². The van der Waals surface area contributed by atoms with Gasteiger partial charge in [0.2, 0.25) is 5.91 Å². The van der Waals surface area contributed by atoms with Crippen LogP contribution in [0, 0.1) is 26.4 Å². The van der Waals surface area contributed by atoms with Crippen LogP contribution in [0.25, 0.3) is 0 Å². The zero-order chi connectivity index (χ0) is 24.0. The quantitative estimate of drug-likeness (QED) is 0.382. The van der Waals surface area contributed by atoms with Gasteiger partial charge in [-0.1, -0.05) is 26.8 Å². The van der Waals surface area contributed by atoms with Crippen LogP contribution in [0.4, 0.5) is 17.1 Å². The predicted molar refractivity (Wildman–Crippen MR) is 124 cm³/mol. The van der Waals surface area contributed by atoms with Gasteiger partial charge in [0.25, 0.3) is 5.69 Å². The van der Waals surface area contributed by atoms with Crippen molar-refractivity contribution in [2.24, 2.45) is 21.3 Å². The van der Waals surface area contributed by atoms with Crippen molar-refractivity contribution in [2.75, 3.05) is 17.9 Å². The van der Waals surface area contributed by atoms with E-state index >= 15 is 0 Å². The molecule has 4 rings (SSSR count). The number of benzene rings is 2. The van der Waals surface area contributed by atoms with Crippen LogP contribution in [0.15, 0.2) is 53.6 Å². The van der Waals surface area contributed by atoms with Crippen molar-refractivity contribution in [3.05, 3.63) is 58.6 Å². The van der Waals surface area contributed by atoms with Crippen molar-refractivity contribution < 1.29 is 19.2 Å². The lowest BCUT2D eigenvalue weighted by atomic mass is 9.64. The summed E-state index contributed by atoms with van der Waals surface area (Å²) in [5, 5.41) is 18.2. The van der Waals surface area contributed by atoms with E-state index in [0.717, 1.165) is 0 Å². The Labute approximate surface area is 191 Å². The maximum absolute atomic E-state index is 13.7. The third kappa shape index (κ3) is 3.18. The second kappa shape index (κ2) is 7.68. The summed E-state index contributed by atoms with van der Waals surface area (Å²) in [7, 11) is 1.55. The van der Waals surface area contributed by atoms with Crippen LogP contribution in [0.5, 0.6) is 5.75 Å². The number of nitro benzene ring substituents is 1. The van der Waals surface area contributed by atoms with Crippen LogP contribution < -0.4 is 15.5 Å². The molecule has 0 saturated heterocycles. The molecule has 9 nitrogen and oxygen atoms in total. The number of hydrogen-bond donors (Lipinski definition) is 2. The zero-order valence-corrected chi connectivity index (χ0v) is 19.0. The Balaban J connectivity index is 1.64. The molecule has 2 N–H and O–H groups in total. The summed E-state index contributed by atoms with van der Waals surface area (Å²) in [6.07, 6.45) is 1.07. The van der Waals surface area contributed by atoms with Gasteiger partial charge in [0.1, 0.15) is 16.9 Å². The number of amides is 1. The highest BCUT2D eigenvalue weighted by Gasteiger charge is 2.76. The number of nitrogens with zero attached hydrogens (tertiary/aromatic N) is 2. The number of carbonyl (C=O) groups excluding carboxylic acids is 2. The molecule has 2 bridgehead atoms. The first-order valence-electron chi connectivity index (χ1n) is 10.7. The number of carbonyl (C=O) groups is 2. The highest BCUT2D eigenvalue weighted by atomic mass is 16.6. The van der Waals surface area contributed by atoms with E-state index in [4.69, 9.17) is 4.74 Å². The minimum Gasteiger partial charge on any atom is -0.497 e. The summed E-state index contributed by atoms with van der Waals surface area (Å²) >= 11 is 0. The molecule has 2 atom stereocenters. The molecule has 33 heavy (non-hydrogen) atoms. The van der Waals surface area contributed by atoms with E-state index in [0.29, 0.717) is 35.7 Å². The molecule has 2 fully saturated rings. The largest absolute Gasteiger partial charge is 0.497 e. The fourth-order valence-corrected chi connectivity index (χ4v) is 5.19. The zero-order valence-electron chi connectivity index (χ0n) is 19.0. The van der Waals surface area contributed by atoms with Gasteiger partial charge in [-0.25, -0.2) is 0 Å². The lowest BCUT2D eigenvalue weighted by molar-refractivity contribution is -0.384. The van der Waals surface area contributed by atoms with Gasteiger partial charge in [0, 0.05) is 29.3 Å². The summed E-state index contributed by atoms with van der Waals surface area (Å²) in [6.45, 7) is 5.85. The molecule has 2 aliphatic carbocycles. The van der Waals surface area contributed by atoms with E-state index in [1.807, 2.05) is 20.8 Å². The Bertz CT molecular complexity index is 1170. The smallest absolute Gasteiger partial charge is 0.269 e. The first-order valence-corrected chi connectivity index (χ1v) is 10.7. The van der Waals surface area contributed by atoms with Crippen molar-refractivity contribution in [1.29, 1.82) is 0 Å². The molecule has 0 radical (unpaired) electrons. The summed E-state index contributed by atoms with van der Waals surface area (Å²) < 4.78 is 5.23. The monoisotopic (exact) mass is 450 g/mol. The Morgan fingerprint density at radius 1 is 1.09 bits per heavy atom. The van der Waals surface area contributed by atoms with E-state index < -0.39 is 21.2 Å². The second-order valence-electron chi connectivity index (χ2n) is 9.25. The number of anilines is 2. The lowest BCUT2D eigenvalue weighted by Crippen LogP contribution is -2.47. The highest BCUT2D eigenvalue weighted by Crippen LogP contribution is 2.69. The lowest BCUT2D eigenvalue weighted by Gasteiger charge is -2.37. The number of hydrogen-bond acceptors (Lipinski definition) is 7. The molecular weight excluding hydrogens is 424 g/mol. The van der Waals surface area contributed by atoms with Gasteiger partial charge >= 0.3 is 0 Å². The molecular formula is C24H26N4O5. The van der Waals surface area contributed by atoms with Gasteiger partial charge in [0.15, 0.2) is 5.78 Å². The number of ether oxygens (including phenoxy) is 1. The number of fused-ring (bicyclic) bond motifs is 2. The third-order valence-electron chi connectivity index (χ3n) is 7.66. The molecule has 1 amide bonds.